The molecular weight excluding hydrogens is 336 g/mol. The predicted molar refractivity (Wildman–Crippen MR) is 101 cm³/mol. The van der Waals surface area contributed by atoms with Crippen LogP contribution in [0.5, 0.6) is 0 Å². The molecule has 0 spiro atoms. The molecule has 0 aliphatic carbocycles. The summed E-state index contributed by atoms with van der Waals surface area (Å²) in [4.78, 5) is 15.1. The Hall–Kier alpha value is -3.06. The minimum Gasteiger partial charge on any atom is -0.258 e. The average Bonchev–Trinajstić information content (AvgIpc) is 3.00. The molecule has 1 aromatic heterocycles. The molecule has 1 heterocycles. The van der Waals surface area contributed by atoms with Gasteiger partial charge >= 0.3 is 0 Å². The third-order valence-corrected chi connectivity index (χ3v) is 4.46. The lowest BCUT2D eigenvalue weighted by Crippen LogP contribution is -1.97. The van der Waals surface area contributed by atoms with Crippen molar-refractivity contribution in [3.63, 3.8) is 0 Å². The summed E-state index contributed by atoms with van der Waals surface area (Å²) in [6.07, 6.45) is 1.45. The number of aromatic nitrogens is 1. The van der Waals surface area contributed by atoms with Crippen molar-refractivity contribution < 1.29 is 4.92 Å². The highest BCUT2D eigenvalue weighted by Gasteiger charge is 2.13. The Balaban J connectivity index is 1.90. The number of hydrazone groups is 1. The second-order valence-corrected chi connectivity index (χ2v) is 6.42. The summed E-state index contributed by atoms with van der Waals surface area (Å²) < 4.78 is 0. The zero-order valence-electron chi connectivity index (χ0n) is 13.8. The highest BCUT2D eigenvalue weighted by Crippen LogP contribution is 2.26. The van der Waals surface area contributed by atoms with Gasteiger partial charge in [-0.2, -0.15) is 5.10 Å². The summed E-state index contributed by atoms with van der Waals surface area (Å²) in [6, 6.07) is 13.0. The van der Waals surface area contributed by atoms with Crippen molar-refractivity contribution in [3.05, 3.63) is 74.8 Å². The van der Waals surface area contributed by atoms with E-state index in [1.165, 1.54) is 23.6 Å². The monoisotopic (exact) mass is 352 g/mol. The Morgan fingerprint density at radius 2 is 1.88 bits per heavy atom. The Kier molecular flexibility index (Phi) is 4.85. The summed E-state index contributed by atoms with van der Waals surface area (Å²) >= 11 is 1.43. The van der Waals surface area contributed by atoms with Crippen LogP contribution in [-0.4, -0.2) is 16.1 Å². The first-order chi connectivity index (χ1) is 12.0. The van der Waals surface area contributed by atoms with E-state index in [4.69, 9.17) is 0 Å². The maximum absolute atomic E-state index is 11.3. The fourth-order valence-electron chi connectivity index (χ4n) is 2.31. The second kappa shape index (κ2) is 7.23. The molecule has 0 amide bonds. The Morgan fingerprint density at radius 1 is 1.16 bits per heavy atom. The SMILES string of the molecule is Cc1ccc(-c2ccc([N+](=O)[O-])c(C=NNc3nc(C)cs3)c2)cc1. The molecular formula is C18H16N4O2S. The van der Waals surface area contributed by atoms with Crippen LogP contribution in [0.1, 0.15) is 16.8 Å². The summed E-state index contributed by atoms with van der Waals surface area (Å²) in [6.45, 7) is 3.91. The van der Waals surface area contributed by atoms with Crippen LogP contribution in [0.3, 0.4) is 0 Å². The standard InChI is InChI=1S/C18H16N4O2S/c1-12-3-5-14(6-4-12)15-7-8-17(22(23)24)16(9-15)10-19-21-18-20-13(2)11-25-18/h3-11H,1-2H3,(H,20,21). The number of benzene rings is 2. The van der Waals surface area contributed by atoms with E-state index < -0.39 is 4.92 Å². The van der Waals surface area contributed by atoms with E-state index in [1.54, 1.807) is 12.1 Å². The minimum absolute atomic E-state index is 0.0109. The average molecular weight is 352 g/mol. The number of hydrogen-bond donors (Lipinski definition) is 1. The molecule has 0 radical (unpaired) electrons. The molecule has 1 N–H and O–H groups in total. The van der Waals surface area contributed by atoms with Crippen molar-refractivity contribution in [2.75, 3.05) is 5.43 Å². The molecule has 0 aliphatic heterocycles. The van der Waals surface area contributed by atoms with Gasteiger partial charge in [-0.05, 0) is 37.1 Å². The smallest absolute Gasteiger partial charge is 0.258 e. The van der Waals surface area contributed by atoms with Gasteiger partial charge in [0.15, 0.2) is 0 Å². The van der Waals surface area contributed by atoms with E-state index in [-0.39, 0.29) is 5.69 Å². The van der Waals surface area contributed by atoms with Crippen LogP contribution in [0.4, 0.5) is 10.8 Å². The van der Waals surface area contributed by atoms with Gasteiger partial charge in [-0.3, -0.25) is 15.5 Å². The molecule has 0 bridgehead atoms. The van der Waals surface area contributed by atoms with Crippen molar-refractivity contribution in [3.8, 4) is 11.1 Å². The molecule has 2 aromatic carbocycles. The van der Waals surface area contributed by atoms with Crippen molar-refractivity contribution in [1.29, 1.82) is 0 Å². The number of nitrogens with zero attached hydrogens (tertiary/aromatic N) is 3. The van der Waals surface area contributed by atoms with Gasteiger partial charge in [0.2, 0.25) is 5.13 Å². The van der Waals surface area contributed by atoms with Crippen molar-refractivity contribution >= 4 is 28.4 Å². The quantitative estimate of drug-likeness (QED) is 0.407. The highest BCUT2D eigenvalue weighted by molar-refractivity contribution is 7.13. The van der Waals surface area contributed by atoms with Gasteiger partial charge < -0.3 is 0 Å². The van der Waals surface area contributed by atoms with Gasteiger partial charge in [-0.15, -0.1) is 11.3 Å². The largest absolute Gasteiger partial charge is 0.278 e. The molecule has 0 aliphatic rings. The number of anilines is 1. The molecule has 0 saturated heterocycles. The molecule has 0 atom stereocenters. The second-order valence-electron chi connectivity index (χ2n) is 5.56. The normalized spacial score (nSPS) is 11.0. The third kappa shape index (κ3) is 4.07. The number of nitrogens with one attached hydrogen (secondary N) is 1. The van der Waals surface area contributed by atoms with Crippen molar-refractivity contribution in [1.82, 2.24) is 4.98 Å². The molecule has 0 unspecified atom stereocenters. The van der Waals surface area contributed by atoms with E-state index in [0.717, 1.165) is 22.4 Å². The van der Waals surface area contributed by atoms with Gasteiger partial charge in [0, 0.05) is 11.4 Å². The van der Waals surface area contributed by atoms with Crippen LogP contribution < -0.4 is 5.43 Å². The maximum atomic E-state index is 11.3. The first-order valence-electron chi connectivity index (χ1n) is 7.59. The number of rotatable bonds is 5. The molecule has 3 rings (SSSR count). The fraction of sp³-hybridized carbons (Fsp3) is 0.111. The molecule has 126 valence electrons. The van der Waals surface area contributed by atoms with Gasteiger partial charge in [0.25, 0.3) is 5.69 Å². The molecule has 25 heavy (non-hydrogen) atoms. The Labute approximate surface area is 149 Å². The maximum Gasteiger partial charge on any atom is 0.278 e. The lowest BCUT2D eigenvalue weighted by atomic mass is 10.0. The van der Waals surface area contributed by atoms with Crippen molar-refractivity contribution in [2.24, 2.45) is 5.10 Å². The van der Waals surface area contributed by atoms with E-state index in [2.05, 4.69) is 15.5 Å². The Morgan fingerprint density at radius 3 is 2.52 bits per heavy atom. The van der Waals surface area contributed by atoms with Crippen LogP contribution in [0.25, 0.3) is 11.1 Å². The topological polar surface area (TPSA) is 80.4 Å². The first kappa shape index (κ1) is 16.8. The molecule has 0 fully saturated rings. The van der Waals surface area contributed by atoms with Crippen LogP contribution in [0, 0.1) is 24.0 Å². The summed E-state index contributed by atoms with van der Waals surface area (Å²) in [5.41, 5.74) is 7.21. The van der Waals surface area contributed by atoms with Gasteiger partial charge in [-0.25, -0.2) is 4.98 Å². The lowest BCUT2D eigenvalue weighted by molar-refractivity contribution is -0.385. The summed E-state index contributed by atoms with van der Waals surface area (Å²) in [7, 11) is 0. The van der Waals surface area contributed by atoms with Crippen LogP contribution in [-0.2, 0) is 0 Å². The van der Waals surface area contributed by atoms with E-state index in [1.807, 2.05) is 43.5 Å². The summed E-state index contributed by atoms with van der Waals surface area (Å²) in [5.74, 6) is 0. The molecule has 3 aromatic rings. The van der Waals surface area contributed by atoms with Crippen LogP contribution in [0.15, 0.2) is 52.9 Å². The third-order valence-electron chi connectivity index (χ3n) is 3.59. The van der Waals surface area contributed by atoms with Crippen LogP contribution in [0.2, 0.25) is 0 Å². The lowest BCUT2D eigenvalue weighted by Gasteiger charge is -2.05. The minimum atomic E-state index is -0.409. The number of aryl methyl sites for hydroxylation is 2. The van der Waals surface area contributed by atoms with Gasteiger partial charge in [0.05, 0.1) is 22.4 Å². The van der Waals surface area contributed by atoms with Gasteiger partial charge in [0.1, 0.15) is 0 Å². The number of nitro benzene ring substituents is 1. The highest BCUT2D eigenvalue weighted by atomic mass is 32.1. The van der Waals surface area contributed by atoms with E-state index in [0.29, 0.717) is 10.7 Å². The van der Waals surface area contributed by atoms with Crippen LogP contribution >= 0.6 is 11.3 Å². The zero-order chi connectivity index (χ0) is 17.8. The molecule has 7 heteroatoms. The number of thiazole rings is 1. The van der Waals surface area contributed by atoms with E-state index >= 15 is 0 Å². The predicted octanol–water partition coefficient (Wildman–Crippen LogP) is 4.78. The van der Waals surface area contributed by atoms with Gasteiger partial charge in [-0.1, -0.05) is 29.8 Å². The number of hydrogen-bond acceptors (Lipinski definition) is 6. The first-order valence-corrected chi connectivity index (χ1v) is 8.47. The number of nitro groups is 1. The summed E-state index contributed by atoms with van der Waals surface area (Å²) in [5, 5.41) is 17.9. The molecule has 0 saturated carbocycles. The fourth-order valence-corrected chi connectivity index (χ4v) is 2.95. The van der Waals surface area contributed by atoms with E-state index in [9.17, 15) is 10.1 Å². The zero-order valence-corrected chi connectivity index (χ0v) is 14.6. The molecule has 6 nitrogen and oxygen atoms in total. The Bertz CT molecular complexity index is 933. The van der Waals surface area contributed by atoms with Crippen molar-refractivity contribution in [2.45, 2.75) is 13.8 Å².